The Balaban J connectivity index is 2.73. The lowest BCUT2D eigenvalue weighted by Crippen LogP contribution is -2.06. The fourth-order valence-corrected chi connectivity index (χ4v) is 2.57. The van der Waals surface area contributed by atoms with Crippen LogP contribution in [0.2, 0.25) is 0 Å². The number of aliphatic carboxylic acids is 1. The van der Waals surface area contributed by atoms with Gasteiger partial charge in [0.1, 0.15) is 0 Å². The van der Waals surface area contributed by atoms with Crippen molar-refractivity contribution < 1.29 is 9.90 Å². The van der Waals surface area contributed by atoms with Crippen molar-refractivity contribution in [3.63, 3.8) is 0 Å². The number of para-hydroxylation sites is 1. The molecule has 4 heteroatoms. The molecule has 1 N–H and O–H groups in total. The fraction of sp³-hybridized carbons (Fsp3) is 0.250. The molecule has 0 saturated carbocycles. The average molecular weight is 282 g/mol. The molecular weight excluding hydrogens is 270 g/mol. The molecule has 0 bridgehead atoms. The van der Waals surface area contributed by atoms with Crippen LogP contribution in [0.25, 0.3) is 10.9 Å². The Hall–Kier alpha value is -1.29. The number of carboxylic acid groups (broad SMARTS) is 1. The van der Waals surface area contributed by atoms with E-state index in [2.05, 4.69) is 15.9 Å². The van der Waals surface area contributed by atoms with Gasteiger partial charge in [-0.2, -0.15) is 0 Å². The maximum atomic E-state index is 11.0. The van der Waals surface area contributed by atoms with Crippen LogP contribution in [0.15, 0.2) is 28.9 Å². The number of hydrogen-bond acceptors (Lipinski definition) is 1. The predicted molar refractivity (Wildman–Crippen MR) is 66.7 cm³/mol. The Kier molecular flexibility index (Phi) is 2.76. The molecule has 0 fully saturated rings. The van der Waals surface area contributed by atoms with Gasteiger partial charge >= 0.3 is 5.97 Å². The van der Waals surface area contributed by atoms with Crippen molar-refractivity contribution in [1.29, 1.82) is 0 Å². The van der Waals surface area contributed by atoms with Gasteiger partial charge < -0.3 is 9.67 Å². The highest BCUT2D eigenvalue weighted by molar-refractivity contribution is 9.10. The molecule has 0 amide bonds. The third-order valence-corrected chi connectivity index (χ3v) is 3.46. The average Bonchev–Trinajstić information content (AvgIpc) is 2.56. The zero-order chi connectivity index (χ0) is 11.9. The van der Waals surface area contributed by atoms with Gasteiger partial charge in [-0.25, -0.2) is 0 Å². The Bertz CT molecular complexity index is 559. The van der Waals surface area contributed by atoms with E-state index in [1.54, 1.807) is 6.92 Å². The molecule has 3 nitrogen and oxygen atoms in total. The molecule has 1 aromatic carbocycles. The fourth-order valence-electron chi connectivity index (χ4n) is 1.93. The monoisotopic (exact) mass is 281 g/mol. The lowest BCUT2D eigenvalue weighted by Gasteiger charge is -2.03. The summed E-state index contributed by atoms with van der Waals surface area (Å²) < 4.78 is 2.94. The zero-order valence-corrected chi connectivity index (χ0v) is 10.7. The van der Waals surface area contributed by atoms with Gasteiger partial charge in [0.15, 0.2) is 0 Å². The standard InChI is InChI=1S/C12H12BrNO2/c1-7(12(15)16)9-6-14(2)11-8(9)4-3-5-10(11)13/h3-7H,1-2H3,(H,15,16). The van der Waals surface area contributed by atoms with Gasteiger partial charge in [0.2, 0.25) is 0 Å². The smallest absolute Gasteiger partial charge is 0.310 e. The molecule has 1 aromatic heterocycles. The number of benzene rings is 1. The van der Waals surface area contributed by atoms with Gasteiger partial charge in [0, 0.05) is 23.1 Å². The van der Waals surface area contributed by atoms with Crippen LogP contribution in [-0.4, -0.2) is 15.6 Å². The molecule has 16 heavy (non-hydrogen) atoms. The lowest BCUT2D eigenvalue weighted by molar-refractivity contribution is -0.138. The number of halogens is 1. The summed E-state index contributed by atoms with van der Waals surface area (Å²) in [4.78, 5) is 11.0. The summed E-state index contributed by atoms with van der Waals surface area (Å²) in [5.74, 6) is -1.29. The van der Waals surface area contributed by atoms with E-state index in [1.807, 2.05) is 36.0 Å². The van der Waals surface area contributed by atoms with Crippen LogP contribution in [0.4, 0.5) is 0 Å². The first-order chi connectivity index (χ1) is 7.52. The third kappa shape index (κ3) is 1.63. The van der Waals surface area contributed by atoms with E-state index in [9.17, 15) is 4.79 Å². The van der Waals surface area contributed by atoms with Crippen LogP contribution in [0, 0.1) is 0 Å². The van der Waals surface area contributed by atoms with E-state index >= 15 is 0 Å². The normalized spacial score (nSPS) is 12.9. The summed E-state index contributed by atoms with van der Waals surface area (Å²) in [6.45, 7) is 1.71. The van der Waals surface area contributed by atoms with Crippen molar-refractivity contribution in [3.05, 3.63) is 34.4 Å². The molecule has 0 radical (unpaired) electrons. The summed E-state index contributed by atoms with van der Waals surface area (Å²) in [5, 5.41) is 10.0. The Morgan fingerprint density at radius 1 is 1.50 bits per heavy atom. The first-order valence-electron chi connectivity index (χ1n) is 4.98. The van der Waals surface area contributed by atoms with E-state index in [1.165, 1.54) is 0 Å². The van der Waals surface area contributed by atoms with E-state index in [-0.39, 0.29) is 0 Å². The van der Waals surface area contributed by atoms with E-state index in [0.29, 0.717) is 0 Å². The minimum Gasteiger partial charge on any atom is -0.481 e. The highest BCUT2D eigenvalue weighted by atomic mass is 79.9. The van der Waals surface area contributed by atoms with Crippen LogP contribution in [0.3, 0.4) is 0 Å². The summed E-state index contributed by atoms with van der Waals surface area (Å²) in [6.07, 6.45) is 1.88. The van der Waals surface area contributed by atoms with Crippen LogP contribution < -0.4 is 0 Å². The van der Waals surface area contributed by atoms with E-state index in [4.69, 9.17) is 5.11 Å². The molecule has 2 rings (SSSR count). The van der Waals surface area contributed by atoms with Crippen molar-refractivity contribution >= 4 is 32.8 Å². The molecule has 0 spiro atoms. The number of aryl methyl sites for hydroxylation is 1. The largest absolute Gasteiger partial charge is 0.481 e. The van der Waals surface area contributed by atoms with Gasteiger partial charge in [0.25, 0.3) is 0 Å². The van der Waals surface area contributed by atoms with Crippen molar-refractivity contribution in [2.24, 2.45) is 7.05 Å². The van der Waals surface area contributed by atoms with Crippen molar-refractivity contribution in [2.75, 3.05) is 0 Å². The summed E-state index contributed by atoms with van der Waals surface area (Å²) >= 11 is 3.48. The van der Waals surface area contributed by atoms with E-state index < -0.39 is 11.9 Å². The van der Waals surface area contributed by atoms with Crippen LogP contribution in [-0.2, 0) is 11.8 Å². The summed E-state index contributed by atoms with van der Waals surface area (Å²) in [5.41, 5.74) is 1.89. The quantitative estimate of drug-likeness (QED) is 0.919. The minimum atomic E-state index is -0.799. The Morgan fingerprint density at radius 2 is 2.19 bits per heavy atom. The SMILES string of the molecule is CC(C(=O)O)c1cn(C)c2c(Br)cccc12. The number of carbonyl (C=O) groups is 1. The molecule has 1 atom stereocenters. The molecule has 0 aliphatic carbocycles. The summed E-state index contributed by atoms with van der Waals surface area (Å²) in [6, 6.07) is 5.83. The molecule has 0 aliphatic rings. The van der Waals surface area contributed by atoms with Gasteiger partial charge in [0.05, 0.1) is 11.4 Å². The lowest BCUT2D eigenvalue weighted by atomic mass is 10.0. The number of nitrogens with zero attached hydrogens (tertiary/aromatic N) is 1. The first kappa shape index (κ1) is 11.2. The topological polar surface area (TPSA) is 42.2 Å². The predicted octanol–water partition coefficient (Wildman–Crippen LogP) is 3.13. The van der Waals surface area contributed by atoms with Crippen LogP contribution in [0.5, 0.6) is 0 Å². The highest BCUT2D eigenvalue weighted by Crippen LogP contribution is 2.31. The second-order valence-corrected chi connectivity index (χ2v) is 4.75. The van der Waals surface area contributed by atoms with Gasteiger partial charge in [-0.15, -0.1) is 0 Å². The van der Waals surface area contributed by atoms with Crippen LogP contribution >= 0.6 is 15.9 Å². The molecule has 1 heterocycles. The highest BCUT2D eigenvalue weighted by Gasteiger charge is 2.19. The van der Waals surface area contributed by atoms with Crippen molar-refractivity contribution in [2.45, 2.75) is 12.8 Å². The van der Waals surface area contributed by atoms with Gasteiger partial charge in [-0.05, 0) is 34.5 Å². The number of hydrogen-bond donors (Lipinski definition) is 1. The van der Waals surface area contributed by atoms with Gasteiger partial charge in [-0.1, -0.05) is 12.1 Å². The molecule has 0 saturated heterocycles. The Labute approximate surface area is 102 Å². The summed E-state index contributed by atoms with van der Waals surface area (Å²) in [7, 11) is 1.92. The van der Waals surface area contributed by atoms with Crippen LogP contribution in [0.1, 0.15) is 18.4 Å². The maximum absolute atomic E-state index is 11.0. The van der Waals surface area contributed by atoms with Gasteiger partial charge in [-0.3, -0.25) is 4.79 Å². The third-order valence-electron chi connectivity index (χ3n) is 2.82. The second-order valence-electron chi connectivity index (χ2n) is 3.89. The number of fused-ring (bicyclic) bond motifs is 1. The number of carboxylic acids is 1. The number of aromatic nitrogens is 1. The number of rotatable bonds is 2. The zero-order valence-electron chi connectivity index (χ0n) is 9.07. The Morgan fingerprint density at radius 3 is 2.81 bits per heavy atom. The molecule has 0 aliphatic heterocycles. The molecule has 84 valence electrons. The molecular formula is C12H12BrNO2. The van der Waals surface area contributed by atoms with Crippen molar-refractivity contribution in [1.82, 2.24) is 4.57 Å². The molecule has 1 unspecified atom stereocenters. The van der Waals surface area contributed by atoms with Crippen molar-refractivity contribution in [3.8, 4) is 0 Å². The van der Waals surface area contributed by atoms with E-state index in [0.717, 1.165) is 20.9 Å². The second kappa shape index (κ2) is 3.94. The maximum Gasteiger partial charge on any atom is 0.310 e. The molecule has 2 aromatic rings. The first-order valence-corrected chi connectivity index (χ1v) is 5.78. The minimum absolute atomic E-state index is 0.488.